The van der Waals surface area contributed by atoms with E-state index in [1.165, 1.54) is 17.8 Å². The normalized spacial score (nSPS) is 10.4. The van der Waals surface area contributed by atoms with E-state index in [1.807, 2.05) is 30.3 Å². The SMILES string of the molecule is O=C(CSCc1ccc(Cl)cc1F)Nc1ccc(Oc2ccccc2)cc1. The second-order valence-electron chi connectivity index (χ2n) is 5.72. The van der Waals surface area contributed by atoms with Crippen molar-refractivity contribution in [3.05, 3.63) is 89.2 Å². The average molecular weight is 402 g/mol. The summed E-state index contributed by atoms with van der Waals surface area (Å²) in [7, 11) is 0. The van der Waals surface area contributed by atoms with Gasteiger partial charge in [0.1, 0.15) is 17.3 Å². The molecule has 3 aromatic rings. The first-order valence-corrected chi connectivity index (χ1v) is 9.78. The van der Waals surface area contributed by atoms with Gasteiger partial charge in [-0.05, 0) is 54.1 Å². The van der Waals surface area contributed by atoms with E-state index in [0.29, 0.717) is 27.8 Å². The van der Waals surface area contributed by atoms with E-state index in [9.17, 15) is 9.18 Å². The molecule has 1 amide bonds. The minimum Gasteiger partial charge on any atom is -0.457 e. The summed E-state index contributed by atoms with van der Waals surface area (Å²) in [5.74, 6) is 1.56. The van der Waals surface area contributed by atoms with Crippen LogP contribution in [-0.4, -0.2) is 11.7 Å². The Morgan fingerprint density at radius 2 is 1.70 bits per heavy atom. The first-order chi connectivity index (χ1) is 13.1. The van der Waals surface area contributed by atoms with Crippen molar-refractivity contribution in [2.24, 2.45) is 0 Å². The van der Waals surface area contributed by atoms with Crippen LogP contribution in [0, 0.1) is 5.82 Å². The molecule has 0 aromatic heterocycles. The Morgan fingerprint density at radius 3 is 2.41 bits per heavy atom. The third-order valence-electron chi connectivity index (χ3n) is 3.62. The van der Waals surface area contributed by atoms with E-state index in [0.717, 1.165) is 5.75 Å². The molecule has 0 heterocycles. The van der Waals surface area contributed by atoms with E-state index in [4.69, 9.17) is 16.3 Å². The number of ether oxygens (including phenoxy) is 1. The second kappa shape index (κ2) is 9.44. The Morgan fingerprint density at radius 1 is 1.00 bits per heavy atom. The van der Waals surface area contributed by atoms with Crippen LogP contribution in [0.5, 0.6) is 11.5 Å². The predicted molar refractivity (Wildman–Crippen MR) is 109 cm³/mol. The van der Waals surface area contributed by atoms with Crippen molar-refractivity contribution >= 4 is 35.0 Å². The molecule has 138 valence electrons. The molecule has 27 heavy (non-hydrogen) atoms. The Bertz CT molecular complexity index is 904. The first kappa shape index (κ1) is 19.3. The van der Waals surface area contributed by atoms with Crippen molar-refractivity contribution in [1.82, 2.24) is 0 Å². The number of carbonyl (C=O) groups excluding carboxylic acids is 1. The fraction of sp³-hybridized carbons (Fsp3) is 0.0952. The molecule has 0 spiro atoms. The summed E-state index contributed by atoms with van der Waals surface area (Å²) in [6, 6.07) is 21.1. The van der Waals surface area contributed by atoms with E-state index < -0.39 is 0 Å². The minimum absolute atomic E-state index is 0.147. The van der Waals surface area contributed by atoms with Gasteiger partial charge in [0.05, 0.1) is 5.75 Å². The summed E-state index contributed by atoms with van der Waals surface area (Å²) in [5, 5.41) is 3.17. The molecule has 3 nitrogen and oxygen atoms in total. The van der Waals surface area contributed by atoms with Gasteiger partial charge in [0.15, 0.2) is 0 Å². The summed E-state index contributed by atoms with van der Waals surface area (Å²) in [6.07, 6.45) is 0. The summed E-state index contributed by atoms with van der Waals surface area (Å²) in [5.41, 5.74) is 1.21. The van der Waals surface area contributed by atoms with Crippen molar-refractivity contribution in [3.8, 4) is 11.5 Å². The maximum Gasteiger partial charge on any atom is 0.234 e. The molecule has 0 aliphatic rings. The van der Waals surface area contributed by atoms with Crippen LogP contribution in [0.15, 0.2) is 72.8 Å². The summed E-state index contributed by atoms with van der Waals surface area (Å²) >= 11 is 7.07. The van der Waals surface area contributed by atoms with Crippen LogP contribution >= 0.6 is 23.4 Å². The molecule has 0 unspecified atom stereocenters. The lowest BCUT2D eigenvalue weighted by Gasteiger charge is -2.08. The van der Waals surface area contributed by atoms with Gasteiger partial charge in [0.25, 0.3) is 0 Å². The zero-order valence-electron chi connectivity index (χ0n) is 14.3. The van der Waals surface area contributed by atoms with Crippen molar-refractivity contribution in [3.63, 3.8) is 0 Å². The zero-order valence-corrected chi connectivity index (χ0v) is 15.9. The molecule has 0 atom stereocenters. The van der Waals surface area contributed by atoms with Crippen molar-refractivity contribution in [2.45, 2.75) is 5.75 Å². The number of nitrogens with one attached hydrogen (secondary N) is 1. The van der Waals surface area contributed by atoms with E-state index >= 15 is 0 Å². The quantitative estimate of drug-likeness (QED) is 0.516. The topological polar surface area (TPSA) is 38.3 Å². The molecule has 0 saturated heterocycles. The number of hydrogen-bond donors (Lipinski definition) is 1. The van der Waals surface area contributed by atoms with E-state index in [1.54, 1.807) is 36.4 Å². The highest BCUT2D eigenvalue weighted by molar-refractivity contribution is 7.99. The predicted octanol–water partition coefficient (Wildman–Crippen LogP) is 6.14. The monoisotopic (exact) mass is 401 g/mol. The maximum absolute atomic E-state index is 13.7. The zero-order chi connectivity index (χ0) is 19.1. The third-order valence-corrected chi connectivity index (χ3v) is 4.84. The molecular formula is C21H17ClFNO2S. The summed E-state index contributed by atoms with van der Waals surface area (Å²) < 4.78 is 19.4. The van der Waals surface area contributed by atoms with Crippen LogP contribution < -0.4 is 10.1 Å². The van der Waals surface area contributed by atoms with Gasteiger partial charge in [-0.3, -0.25) is 4.79 Å². The highest BCUT2D eigenvalue weighted by atomic mass is 35.5. The Balaban J connectivity index is 1.46. The number of hydrogen-bond acceptors (Lipinski definition) is 3. The highest BCUT2D eigenvalue weighted by Crippen LogP contribution is 2.23. The number of benzene rings is 3. The lowest BCUT2D eigenvalue weighted by molar-refractivity contribution is -0.113. The van der Waals surface area contributed by atoms with Gasteiger partial charge in [0.2, 0.25) is 5.91 Å². The van der Waals surface area contributed by atoms with Crippen LogP contribution in [0.1, 0.15) is 5.56 Å². The molecule has 6 heteroatoms. The number of carbonyl (C=O) groups is 1. The number of halogens is 2. The number of thioether (sulfide) groups is 1. The van der Waals surface area contributed by atoms with Crippen LogP contribution in [0.2, 0.25) is 5.02 Å². The Kier molecular flexibility index (Phi) is 6.74. The fourth-order valence-electron chi connectivity index (χ4n) is 2.32. The molecule has 0 aliphatic carbocycles. The second-order valence-corrected chi connectivity index (χ2v) is 7.14. The smallest absolute Gasteiger partial charge is 0.234 e. The van der Waals surface area contributed by atoms with Crippen LogP contribution in [0.3, 0.4) is 0 Å². The minimum atomic E-state index is -0.357. The van der Waals surface area contributed by atoms with Gasteiger partial charge in [-0.2, -0.15) is 0 Å². The highest BCUT2D eigenvalue weighted by Gasteiger charge is 2.07. The van der Waals surface area contributed by atoms with E-state index in [-0.39, 0.29) is 17.5 Å². The van der Waals surface area contributed by atoms with Gasteiger partial charge >= 0.3 is 0 Å². The summed E-state index contributed by atoms with van der Waals surface area (Å²) in [4.78, 5) is 12.0. The van der Waals surface area contributed by atoms with Gasteiger partial charge in [0, 0.05) is 16.5 Å². The molecule has 0 radical (unpaired) electrons. The molecule has 0 bridgehead atoms. The fourth-order valence-corrected chi connectivity index (χ4v) is 3.29. The Labute approximate surface area is 166 Å². The molecule has 1 N–H and O–H groups in total. The lowest BCUT2D eigenvalue weighted by atomic mass is 10.2. The maximum atomic E-state index is 13.7. The molecular weight excluding hydrogens is 385 g/mol. The third kappa shape index (κ3) is 6.01. The largest absolute Gasteiger partial charge is 0.457 e. The number of amides is 1. The number of anilines is 1. The van der Waals surface area contributed by atoms with Crippen molar-refractivity contribution in [2.75, 3.05) is 11.1 Å². The van der Waals surface area contributed by atoms with Gasteiger partial charge < -0.3 is 10.1 Å². The van der Waals surface area contributed by atoms with Crippen molar-refractivity contribution < 1.29 is 13.9 Å². The first-order valence-electron chi connectivity index (χ1n) is 8.24. The van der Waals surface area contributed by atoms with Gasteiger partial charge in [-0.1, -0.05) is 35.9 Å². The van der Waals surface area contributed by atoms with Gasteiger partial charge in [-0.25, -0.2) is 4.39 Å². The van der Waals surface area contributed by atoms with E-state index in [2.05, 4.69) is 5.32 Å². The van der Waals surface area contributed by atoms with Crippen LogP contribution in [-0.2, 0) is 10.5 Å². The molecule has 0 aliphatic heterocycles. The molecule has 0 saturated carbocycles. The van der Waals surface area contributed by atoms with Crippen LogP contribution in [0.25, 0.3) is 0 Å². The summed E-state index contributed by atoms with van der Waals surface area (Å²) in [6.45, 7) is 0. The number of para-hydroxylation sites is 1. The van der Waals surface area contributed by atoms with Crippen molar-refractivity contribution in [1.29, 1.82) is 0 Å². The van der Waals surface area contributed by atoms with Crippen LogP contribution in [0.4, 0.5) is 10.1 Å². The lowest BCUT2D eigenvalue weighted by Crippen LogP contribution is -2.14. The molecule has 3 aromatic carbocycles. The van der Waals surface area contributed by atoms with Gasteiger partial charge in [-0.15, -0.1) is 11.8 Å². The number of rotatable bonds is 7. The molecule has 3 rings (SSSR count). The average Bonchev–Trinajstić information content (AvgIpc) is 2.66. The molecule has 0 fully saturated rings. The standard InChI is InChI=1S/C21H17ClFNO2S/c22-16-7-6-15(20(23)12-16)13-27-14-21(25)24-17-8-10-19(11-9-17)26-18-4-2-1-3-5-18/h1-12H,13-14H2,(H,24,25). The Hall–Kier alpha value is -2.50.